The average molecular weight is 623 g/mol. The molecule has 0 aliphatic rings. The molecule has 1 atom stereocenters. The van der Waals surface area contributed by atoms with E-state index in [-0.39, 0.29) is 34.5 Å². The van der Waals surface area contributed by atoms with Crippen molar-refractivity contribution in [1.29, 1.82) is 0 Å². The van der Waals surface area contributed by atoms with Crippen LogP contribution in [0, 0.1) is 12.7 Å². The van der Waals surface area contributed by atoms with Crippen molar-refractivity contribution in [2.45, 2.75) is 57.5 Å². The molecule has 220 valence electrons. The van der Waals surface area contributed by atoms with Crippen LogP contribution in [0.1, 0.15) is 44.2 Å². The van der Waals surface area contributed by atoms with E-state index >= 15 is 4.39 Å². The average Bonchev–Trinajstić information content (AvgIpc) is 2.94. The molecule has 1 N–H and O–H groups in total. The third-order valence-electron chi connectivity index (χ3n) is 6.56. The number of halogens is 3. The fourth-order valence-electron chi connectivity index (χ4n) is 4.27. The second-order valence-electron chi connectivity index (χ2n) is 9.61. The quantitative estimate of drug-likeness (QED) is 0.225. The molecule has 0 aliphatic carbocycles. The highest BCUT2D eigenvalue weighted by Gasteiger charge is 2.34. The maximum atomic E-state index is 15.0. The maximum Gasteiger partial charge on any atom is 0.264 e. The molecule has 3 aromatic rings. The largest absolute Gasteiger partial charge is 0.354 e. The Bertz CT molecular complexity index is 1470. The number of nitrogens with zero attached hydrogens (tertiary/aromatic N) is 2. The van der Waals surface area contributed by atoms with E-state index in [9.17, 15) is 18.0 Å². The van der Waals surface area contributed by atoms with E-state index in [1.54, 1.807) is 37.3 Å². The minimum Gasteiger partial charge on any atom is -0.354 e. The van der Waals surface area contributed by atoms with Crippen LogP contribution in [-0.2, 0) is 26.2 Å². The Morgan fingerprint density at radius 2 is 1.66 bits per heavy atom. The van der Waals surface area contributed by atoms with Gasteiger partial charge in [0.15, 0.2) is 0 Å². The molecule has 11 heteroatoms. The Morgan fingerprint density at radius 3 is 2.27 bits per heavy atom. The number of carbonyl (C=O) groups excluding carboxylic acids is 2. The first kappa shape index (κ1) is 32.4. The van der Waals surface area contributed by atoms with Crippen LogP contribution >= 0.6 is 23.2 Å². The van der Waals surface area contributed by atoms with Gasteiger partial charge in [-0.15, -0.1) is 0 Å². The fourth-order valence-corrected chi connectivity index (χ4v) is 6.01. The first-order valence-corrected chi connectivity index (χ1v) is 15.5. The summed E-state index contributed by atoms with van der Waals surface area (Å²) in [7, 11) is -4.37. The molecule has 41 heavy (non-hydrogen) atoms. The SMILES string of the molecule is CCCCNC(=O)C(CC)N(Cc1ccc(Cl)c(Cl)c1)C(=O)CN(c1ccccc1F)S(=O)(=O)c1ccc(C)cc1. The number of unbranched alkanes of at least 4 members (excludes halogenated alkanes) is 1. The lowest BCUT2D eigenvalue weighted by atomic mass is 10.1. The van der Waals surface area contributed by atoms with Crippen molar-refractivity contribution in [2.24, 2.45) is 0 Å². The summed E-state index contributed by atoms with van der Waals surface area (Å²) >= 11 is 12.3. The highest BCUT2D eigenvalue weighted by Crippen LogP contribution is 2.28. The van der Waals surface area contributed by atoms with Crippen LogP contribution in [0.3, 0.4) is 0 Å². The number of para-hydroxylation sites is 1. The fraction of sp³-hybridized carbons (Fsp3) is 0.333. The number of hydrogen-bond donors (Lipinski definition) is 1. The lowest BCUT2D eigenvalue weighted by Gasteiger charge is -2.33. The van der Waals surface area contributed by atoms with Crippen molar-refractivity contribution >= 4 is 50.7 Å². The molecule has 0 fully saturated rings. The number of benzene rings is 3. The highest BCUT2D eigenvalue weighted by molar-refractivity contribution is 7.92. The van der Waals surface area contributed by atoms with Gasteiger partial charge in [-0.2, -0.15) is 0 Å². The summed E-state index contributed by atoms with van der Waals surface area (Å²) < 4.78 is 43.4. The van der Waals surface area contributed by atoms with Gasteiger partial charge in [-0.1, -0.05) is 79.4 Å². The van der Waals surface area contributed by atoms with Gasteiger partial charge in [0, 0.05) is 13.1 Å². The topological polar surface area (TPSA) is 86.8 Å². The van der Waals surface area contributed by atoms with Crippen LogP contribution in [0.4, 0.5) is 10.1 Å². The van der Waals surface area contributed by atoms with E-state index in [0.29, 0.717) is 17.1 Å². The van der Waals surface area contributed by atoms with Gasteiger partial charge in [0.05, 0.1) is 20.6 Å². The van der Waals surface area contributed by atoms with Gasteiger partial charge in [0.25, 0.3) is 10.0 Å². The maximum absolute atomic E-state index is 15.0. The first-order valence-electron chi connectivity index (χ1n) is 13.3. The molecule has 7 nitrogen and oxygen atoms in total. The molecule has 0 saturated carbocycles. The van der Waals surface area contributed by atoms with Crippen molar-refractivity contribution in [3.8, 4) is 0 Å². The Labute approximate surface area is 251 Å². The van der Waals surface area contributed by atoms with Crippen LogP contribution in [-0.4, -0.2) is 44.3 Å². The molecule has 3 aromatic carbocycles. The Kier molecular flexibility index (Phi) is 11.6. The lowest BCUT2D eigenvalue weighted by molar-refractivity contribution is -0.140. The predicted octanol–water partition coefficient (Wildman–Crippen LogP) is 6.36. The summed E-state index contributed by atoms with van der Waals surface area (Å²) in [6, 6.07) is 15.3. The molecule has 2 amide bonds. The molecule has 1 unspecified atom stereocenters. The van der Waals surface area contributed by atoms with Crippen molar-refractivity contribution in [3.63, 3.8) is 0 Å². The van der Waals surface area contributed by atoms with E-state index in [1.807, 2.05) is 13.8 Å². The summed E-state index contributed by atoms with van der Waals surface area (Å²) in [5.74, 6) is -1.86. The van der Waals surface area contributed by atoms with Crippen LogP contribution in [0.15, 0.2) is 71.6 Å². The van der Waals surface area contributed by atoms with E-state index in [2.05, 4.69) is 5.32 Å². The van der Waals surface area contributed by atoms with Crippen LogP contribution in [0.25, 0.3) is 0 Å². The molecule has 0 aliphatic heterocycles. The van der Waals surface area contributed by atoms with Gasteiger partial charge >= 0.3 is 0 Å². The normalized spacial score (nSPS) is 12.0. The number of anilines is 1. The van der Waals surface area contributed by atoms with Gasteiger partial charge < -0.3 is 10.2 Å². The number of carbonyl (C=O) groups is 2. The van der Waals surface area contributed by atoms with Crippen LogP contribution in [0.5, 0.6) is 0 Å². The molecule has 0 heterocycles. The minimum atomic E-state index is -4.37. The van der Waals surface area contributed by atoms with Gasteiger partial charge in [-0.3, -0.25) is 13.9 Å². The molecule has 0 radical (unpaired) electrons. The zero-order valence-corrected chi connectivity index (χ0v) is 25.6. The van der Waals surface area contributed by atoms with E-state index in [0.717, 1.165) is 28.8 Å². The molecule has 3 rings (SSSR count). The molecular formula is C30H34Cl2FN3O4S. The zero-order valence-electron chi connectivity index (χ0n) is 23.2. The zero-order chi connectivity index (χ0) is 30.2. The monoisotopic (exact) mass is 621 g/mol. The summed E-state index contributed by atoms with van der Waals surface area (Å²) in [5, 5.41) is 3.46. The molecule has 0 aromatic heterocycles. The van der Waals surface area contributed by atoms with Gasteiger partial charge in [-0.05, 0) is 61.7 Å². The van der Waals surface area contributed by atoms with Gasteiger partial charge in [0.2, 0.25) is 11.8 Å². The minimum absolute atomic E-state index is 0.0505. The third-order valence-corrected chi connectivity index (χ3v) is 9.07. The second-order valence-corrected chi connectivity index (χ2v) is 12.3. The number of aryl methyl sites for hydroxylation is 1. The van der Waals surface area contributed by atoms with Gasteiger partial charge in [0.1, 0.15) is 18.4 Å². The lowest BCUT2D eigenvalue weighted by Crippen LogP contribution is -2.52. The number of nitrogens with one attached hydrogen (secondary N) is 1. The Morgan fingerprint density at radius 1 is 0.976 bits per heavy atom. The second kappa shape index (κ2) is 14.7. The van der Waals surface area contributed by atoms with Crippen molar-refractivity contribution < 1.29 is 22.4 Å². The van der Waals surface area contributed by atoms with E-state index in [1.165, 1.54) is 35.2 Å². The summed E-state index contributed by atoms with van der Waals surface area (Å²) in [5.41, 5.74) is 1.15. The van der Waals surface area contributed by atoms with Crippen molar-refractivity contribution in [1.82, 2.24) is 10.2 Å². The molecule has 0 bridgehead atoms. The molecule has 0 spiro atoms. The number of hydrogen-bond acceptors (Lipinski definition) is 4. The first-order chi connectivity index (χ1) is 19.5. The molecule has 0 saturated heterocycles. The van der Waals surface area contributed by atoms with Crippen molar-refractivity contribution in [3.05, 3.63) is 93.7 Å². The number of sulfonamides is 1. The van der Waals surface area contributed by atoms with E-state index in [4.69, 9.17) is 23.2 Å². The van der Waals surface area contributed by atoms with Crippen molar-refractivity contribution in [2.75, 3.05) is 17.4 Å². The van der Waals surface area contributed by atoms with Crippen LogP contribution in [0.2, 0.25) is 10.0 Å². The Balaban J connectivity index is 2.06. The number of rotatable bonds is 13. The standard InChI is InChI=1S/C30H34Cl2FN3O4S/c1-4-6-17-34-30(38)27(5-2)35(19-22-13-16-24(31)25(32)18-22)29(37)20-36(28-10-8-7-9-26(28)33)41(39,40)23-14-11-21(3)12-15-23/h7-16,18,27H,4-6,17,19-20H2,1-3H3,(H,34,38). The smallest absolute Gasteiger partial charge is 0.264 e. The summed E-state index contributed by atoms with van der Waals surface area (Å²) in [6.45, 7) is 5.21. The van der Waals surface area contributed by atoms with E-state index < -0.39 is 34.3 Å². The summed E-state index contributed by atoms with van der Waals surface area (Å²) in [4.78, 5) is 28.4. The summed E-state index contributed by atoms with van der Waals surface area (Å²) in [6.07, 6.45) is 1.89. The van der Waals surface area contributed by atoms with Crippen LogP contribution < -0.4 is 9.62 Å². The highest BCUT2D eigenvalue weighted by atomic mass is 35.5. The predicted molar refractivity (Wildman–Crippen MR) is 161 cm³/mol. The third kappa shape index (κ3) is 8.21. The molecular weight excluding hydrogens is 588 g/mol. The van der Waals surface area contributed by atoms with Gasteiger partial charge in [-0.25, -0.2) is 12.8 Å². The number of amides is 2. The Hall–Kier alpha value is -3.14.